The van der Waals surface area contributed by atoms with Crippen LogP contribution < -0.4 is 5.32 Å². The fraction of sp³-hybridized carbons (Fsp3) is 0.111. The quantitative estimate of drug-likeness (QED) is 0.616. The molecule has 1 amide bonds. The van der Waals surface area contributed by atoms with E-state index in [9.17, 15) is 14.2 Å². The summed E-state index contributed by atoms with van der Waals surface area (Å²) in [4.78, 5) is 25.9. The van der Waals surface area contributed by atoms with Crippen molar-refractivity contribution >= 4 is 25.4 Å². The van der Waals surface area contributed by atoms with E-state index in [-0.39, 0.29) is 6.42 Å². The number of carbonyl (C=O) groups is 2. The van der Waals surface area contributed by atoms with Crippen LogP contribution in [0.25, 0.3) is 0 Å². The topological polar surface area (TPSA) is 76.1 Å². The predicted octanol–water partition coefficient (Wildman–Crippen LogP) is 1.23. The summed E-state index contributed by atoms with van der Waals surface area (Å²) in [6.45, 7) is 0. The molecule has 0 fully saturated rings. The van der Waals surface area contributed by atoms with E-state index in [0.29, 0.717) is 5.82 Å². The van der Waals surface area contributed by atoms with Gasteiger partial charge in [0.15, 0.2) is 0 Å². The molecule has 1 heterocycles. The van der Waals surface area contributed by atoms with Crippen molar-refractivity contribution in [2.75, 3.05) is 5.32 Å². The molecule has 0 aliphatic heterocycles. The van der Waals surface area contributed by atoms with Gasteiger partial charge in [-0.05, 0) is 0 Å². The fourth-order valence-electron chi connectivity index (χ4n) is 0.860. The second kappa shape index (κ2) is 5.91. The van der Waals surface area contributed by atoms with E-state index in [4.69, 9.17) is 0 Å². The Bertz CT molecular complexity index is 466. The first-order valence-corrected chi connectivity index (χ1v) is 4.85. The molecule has 6 heteroatoms. The van der Waals surface area contributed by atoms with Gasteiger partial charge in [-0.15, -0.1) is 0 Å². The van der Waals surface area contributed by atoms with Crippen molar-refractivity contribution in [2.24, 2.45) is 0 Å². The molecule has 0 aliphatic rings. The minimum absolute atomic E-state index is 0.370. The average Bonchev–Trinajstić information content (AvgIpc) is 2.19. The van der Waals surface area contributed by atoms with Gasteiger partial charge in [0, 0.05) is 0 Å². The summed E-state index contributed by atoms with van der Waals surface area (Å²) >= 11 is 0. The molecule has 15 heavy (non-hydrogen) atoms. The van der Waals surface area contributed by atoms with E-state index in [1.54, 1.807) is 18.2 Å². The number of aromatic nitrogens is 1. The molecule has 1 aromatic rings. The second-order valence-corrected chi connectivity index (χ2v) is 2.97. The zero-order valence-corrected chi connectivity index (χ0v) is 8.53. The molecule has 0 unspecified atom stereocenters. The first-order valence-electron chi connectivity index (χ1n) is 4.04. The van der Waals surface area contributed by atoms with Gasteiger partial charge >= 0.3 is 86.3 Å². The van der Waals surface area contributed by atoms with Crippen LogP contribution in [-0.2, 0) is 14.2 Å². The number of ketones is 1. The van der Waals surface area contributed by atoms with Gasteiger partial charge in [-0.1, -0.05) is 0 Å². The third-order valence-corrected chi connectivity index (χ3v) is 1.76. The zero-order chi connectivity index (χ0) is 11.1. The number of hydrogen-bond donors (Lipinski definition) is 1. The molecule has 0 bridgehead atoms. The Labute approximate surface area is 87.0 Å². The number of nitrogens with one attached hydrogen (secondary N) is 1. The number of pyridine rings is 1. The number of carbonyl (C=O) groups excluding carboxylic acids is 2. The van der Waals surface area contributed by atoms with E-state index in [0.717, 1.165) is 0 Å². The Balaban J connectivity index is 2.53. The summed E-state index contributed by atoms with van der Waals surface area (Å²) in [7, 11) is -0.513. The van der Waals surface area contributed by atoms with Gasteiger partial charge in [0.1, 0.15) is 0 Å². The third-order valence-electron chi connectivity index (χ3n) is 1.42. The Morgan fingerprint density at radius 2 is 2.27 bits per heavy atom. The molecule has 1 N–H and O–H groups in total. The summed E-state index contributed by atoms with van der Waals surface area (Å²) in [5, 5.41) is 2.42. The maximum absolute atomic E-state index is 11.2. The predicted molar refractivity (Wildman–Crippen MR) is 54.0 cm³/mol. The standard InChI is InChI=1S/C9H7N2O3P/c12-7(6-15-14)5-9(13)11-8-3-1-2-4-10-8/h1-4H,5H2,(H,10,11,13). The van der Waals surface area contributed by atoms with Crippen LogP contribution in [0.3, 0.4) is 0 Å². The zero-order valence-electron chi connectivity index (χ0n) is 7.64. The monoisotopic (exact) mass is 222 g/mol. The summed E-state index contributed by atoms with van der Waals surface area (Å²) in [5.41, 5.74) is 1.96. The molecular formula is C9H7N2O3P. The Hall–Kier alpha value is -1.70. The van der Waals surface area contributed by atoms with Gasteiger partial charge in [-0.2, -0.15) is 0 Å². The van der Waals surface area contributed by atoms with Crippen LogP contribution in [0.15, 0.2) is 24.4 Å². The maximum atomic E-state index is 11.2. The SMILES string of the molecule is O=P#CC(=O)CC(=O)Nc1ccccn1. The van der Waals surface area contributed by atoms with Gasteiger partial charge in [0.05, 0.1) is 0 Å². The van der Waals surface area contributed by atoms with Crippen LogP contribution >= 0.6 is 7.92 Å². The second-order valence-electron chi connectivity index (χ2n) is 2.57. The van der Waals surface area contributed by atoms with E-state index < -0.39 is 19.6 Å². The van der Waals surface area contributed by atoms with Crippen molar-refractivity contribution in [3.8, 4) is 5.63 Å². The van der Waals surface area contributed by atoms with Gasteiger partial charge < -0.3 is 0 Å². The van der Waals surface area contributed by atoms with Gasteiger partial charge in [0.25, 0.3) is 0 Å². The Morgan fingerprint density at radius 3 is 2.87 bits per heavy atom. The number of nitrogens with zero attached hydrogens (tertiary/aromatic N) is 1. The molecule has 5 nitrogen and oxygen atoms in total. The molecule has 1 aromatic heterocycles. The molecule has 0 saturated carbocycles. The average molecular weight is 222 g/mol. The summed E-state index contributed by atoms with van der Waals surface area (Å²) in [5.74, 6) is -0.745. The molecule has 0 aromatic carbocycles. The van der Waals surface area contributed by atoms with Crippen molar-refractivity contribution in [1.82, 2.24) is 4.98 Å². The van der Waals surface area contributed by atoms with E-state index in [1.165, 1.54) is 6.20 Å². The Morgan fingerprint density at radius 1 is 1.47 bits per heavy atom. The summed E-state index contributed by atoms with van der Waals surface area (Å²) in [6.07, 6.45) is 1.14. The van der Waals surface area contributed by atoms with Crippen LogP contribution in [0.2, 0.25) is 0 Å². The summed E-state index contributed by atoms with van der Waals surface area (Å²) < 4.78 is 9.98. The molecule has 0 saturated heterocycles. The number of hydrogen-bond acceptors (Lipinski definition) is 4. The molecule has 0 radical (unpaired) electrons. The first-order chi connectivity index (χ1) is 7.22. The van der Waals surface area contributed by atoms with Crippen molar-refractivity contribution < 1.29 is 14.2 Å². The van der Waals surface area contributed by atoms with Gasteiger partial charge in [-0.25, -0.2) is 0 Å². The van der Waals surface area contributed by atoms with Crippen LogP contribution in [-0.4, -0.2) is 16.7 Å². The van der Waals surface area contributed by atoms with Crippen molar-refractivity contribution in [3.05, 3.63) is 24.4 Å². The van der Waals surface area contributed by atoms with Gasteiger partial charge in [0.2, 0.25) is 0 Å². The fourth-order valence-corrected chi connectivity index (χ4v) is 1.04. The molecule has 0 atom stereocenters. The first kappa shape index (κ1) is 11.4. The number of anilines is 1. The molecule has 0 spiro atoms. The number of amides is 1. The Kier molecular flexibility index (Phi) is 4.48. The van der Waals surface area contributed by atoms with E-state index in [1.807, 2.05) is 5.63 Å². The summed E-state index contributed by atoms with van der Waals surface area (Å²) in [6, 6.07) is 5.01. The number of rotatable bonds is 3. The molecular weight excluding hydrogens is 215 g/mol. The molecule has 0 aliphatic carbocycles. The molecule has 76 valence electrons. The van der Waals surface area contributed by atoms with Crippen molar-refractivity contribution in [2.45, 2.75) is 6.42 Å². The minimum atomic E-state index is -0.611. The van der Waals surface area contributed by atoms with Gasteiger partial charge in [-0.3, -0.25) is 0 Å². The van der Waals surface area contributed by atoms with Crippen LogP contribution in [0.4, 0.5) is 5.82 Å². The van der Waals surface area contributed by atoms with Crippen molar-refractivity contribution in [1.29, 1.82) is 0 Å². The third kappa shape index (κ3) is 4.36. The van der Waals surface area contributed by atoms with Crippen LogP contribution in [0.1, 0.15) is 6.42 Å². The van der Waals surface area contributed by atoms with Crippen LogP contribution in [0.5, 0.6) is 0 Å². The van der Waals surface area contributed by atoms with Crippen molar-refractivity contribution in [3.63, 3.8) is 0 Å². The number of Topliss-reactive ketones (excluding diaryl/α,β-unsaturated/α-hetero) is 1. The van der Waals surface area contributed by atoms with E-state index >= 15 is 0 Å². The normalized spacial score (nSPS) is 8.80. The van der Waals surface area contributed by atoms with Crippen LogP contribution in [0, 0.1) is 5.63 Å². The molecule has 1 rings (SSSR count). The van der Waals surface area contributed by atoms with E-state index in [2.05, 4.69) is 10.3 Å².